The van der Waals surface area contributed by atoms with Crippen molar-refractivity contribution in [3.8, 4) is 0 Å². The number of pyridine rings is 1. The van der Waals surface area contributed by atoms with Crippen LogP contribution in [0.5, 0.6) is 0 Å². The van der Waals surface area contributed by atoms with Gasteiger partial charge in [0, 0.05) is 12.6 Å². The third-order valence-corrected chi connectivity index (χ3v) is 3.97. The molecule has 1 fully saturated rings. The molecule has 1 aliphatic rings. The minimum Gasteiger partial charge on any atom is -0.384 e. The minimum absolute atomic E-state index is 0.0485. The van der Waals surface area contributed by atoms with Gasteiger partial charge < -0.3 is 10.6 Å². The quantitative estimate of drug-likeness (QED) is 0.830. The number of carbonyl (C=O) groups is 1. The summed E-state index contributed by atoms with van der Waals surface area (Å²) in [5, 5.41) is 6.30. The number of aromatic nitrogens is 1. The van der Waals surface area contributed by atoms with Crippen molar-refractivity contribution in [3.63, 3.8) is 0 Å². The van der Waals surface area contributed by atoms with Crippen LogP contribution in [-0.4, -0.2) is 23.5 Å². The summed E-state index contributed by atoms with van der Waals surface area (Å²) in [6.07, 6.45) is 7.58. The molecule has 1 amide bonds. The third-order valence-electron chi connectivity index (χ3n) is 3.97. The number of anilines is 1. The van der Waals surface area contributed by atoms with E-state index in [0.29, 0.717) is 11.7 Å². The van der Waals surface area contributed by atoms with E-state index in [2.05, 4.69) is 22.5 Å². The van der Waals surface area contributed by atoms with Crippen LogP contribution < -0.4 is 10.6 Å². The maximum absolute atomic E-state index is 12.2. The molecule has 1 aromatic heterocycles. The largest absolute Gasteiger partial charge is 0.384 e. The molecule has 4 heteroatoms. The number of hydrogen-bond donors (Lipinski definition) is 2. The monoisotopic (exact) mass is 275 g/mol. The second-order valence-electron chi connectivity index (χ2n) is 5.75. The Balaban J connectivity index is 1.90. The molecule has 2 N–H and O–H groups in total. The van der Waals surface area contributed by atoms with Gasteiger partial charge in [-0.15, -0.1) is 0 Å². The van der Waals surface area contributed by atoms with Crippen molar-refractivity contribution in [1.29, 1.82) is 0 Å². The van der Waals surface area contributed by atoms with Crippen molar-refractivity contribution < 1.29 is 4.79 Å². The number of hydrogen-bond acceptors (Lipinski definition) is 3. The van der Waals surface area contributed by atoms with Crippen molar-refractivity contribution in [2.75, 3.05) is 11.9 Å². The second kappa shape index (κ2) is 7.27. The van der Waals surface area contributed by atoms with Crippen LogP contribution in [0.4, 0.5) is 5.69 Å². The van der Waals surface area contributed by atoms with E-state index in [1.807, 2.05) is 13.0 Å². The molecule has 1 saturated carbocycles. The zero-order valence-corrected chi connectivity index (χ0v) is 12.5. The highest BCUT2D eigenvalue weighted by Crippen LogP contribution is 2.22. The van der Waals surface area contributed by atoms with Gasteiger partial charge in [-0.05, 0) is 44.2 Å². The summed E-state index contributed by atoms with van der Waals surface area (Å²) in [6.45, 7) is 5.19. The lowest BCUT2D eigenvalue weighted by atomic mass is 10.0. The Kier molecular flexibility index (Phi) is 5.39. The highest BCUT2D eigenvalue weighted by atomic mass is 16.1. The van der Waals surface area contributed by atoms with Crippen LogP contribution in [0.1, 0.15) is 56.4 Å². The molecule has 1 heterocycles. The summed E-state index contributed by atoms with van der Waals surface area (Å²) in [5.41, 5.74) is 1.45. The summed E-state index contributed by atoms with van der Waals surface area (Å²) in [5.74, 6) is 0.738. The van der Waals surface area contributed by atoms with E-state index in [0.717, 1.165) is 31.0 Å². The van der Waals surface area contributed by atoms with Crippen LogP contribution in [-0.2, 0) is 0 Å². The number of carbonyl (C=O) groups excluding carboxylic acids is 1. The summed E-state index contributed by atoms with van der Waals surface area (Å²) >= 11 is 0. The highest BCUT2D eigenvalue weighted by molar-refractivity contribution is 5.92. The zero-order chi connectivity index (χ0) is 14.4. The van der Waals surface area contributed by atoms with Gasteiger partial charge in [-0.2, -0.15) is 0 Å². The van der Waals surface area contributed by atoms with Crippen molar-refractivity contribution in [1.82, 2.24) is 10.3 Å². The first-order chi connectivity index (χ1) is 9.69. The number of rotatable bonds is 4. The first kappa shape index (κ1) is 14.8. The van der Waals surface area contributed by atoms with Crippen LogP contribution in [0.3, 0.4) is 0 Å². The molecular weight excluding hydrogens is 250 g/mol. The van der Waals surface area contributed by atoms with Crippen molar-refractivity contribution in [2.45, 2.75) is 52.0 Å². The average Bonchev–Trinajstić information content (AvgIpc) is 2.65. The molecular formula is C16H25N3O. The fourth-order valence-electron chi connectivity index (χ4n) is 2.73. The molecule has 0 aromatic carbocycles. The first-order valence-corrected chi connectivity index (χ1v) is 7.69. The Morgan fingerprint density at radius 2 is 2.15 bits per heavy atom. The minimum atomic E-state index is -0.0485. The van der Waals surface area contributed by atoms with Crippen molar-refractivity contribution >= 4 is 11.6 Å². The molecule has 0 radical (unpaired) electrons. The van der Waals surface area contributed by atoms with Gasteiger partial charge >= 0.3 is 0 Å². The normalized spacial score (nSPS) is 22.9. The predicted octanol–water partition coefficient (Wildman–Crippen LogP) is 3.21. The molecule has 20 heavy (non-hydrogen) atoms. The topological polar surface area (TPSA) is 54.0 Å². The molecule has 1 aliphatic carbocycles. The second-order valence-corrected chi connectivity index (χ2v) is 5.75. The lowest BCUT2D eigenvalue weighted by Crippen LogP contribution is -2.34. The van der Waals surface area contributed by atoms with E-state index in [4.69, 9.17) is 0 Å². The van der Waals surface area contributed by atoms with E-state index in [1.54, 1.807) is 12.3 Å². The Morgan fingerprint density at radius 1 is 1.30 bits per heavy atom. The van der Waals surface area contributed by atoms with E-state index >= 15 is 0 Å². The van der Waals surface area contributed by atoms with Gasteiger partial charge in [0.25, 0.3) is 5.91 Å². The number of amides is 1. The molecule has 2 atom stereocenters. The Hall–Kier alpha value is -1.58. The van der Waals surface area contributed by atoms with Gasteiger partial charge in [0.05, 0.1) is 11.9 Å². The summed E-state index contributed by atoms with van der Waals surface area (Å²) in [4.78, 5) is 16.4. The number of nitrogens with zero attached hydrogens (tertiary/aromatic N) is 1. The van der Waals surface area contributed by atoms with Gasteiger partial charge in [0.1, 0.15) is 5.69 Å². The van der Waals surface area contributed by atoms with Crippen LogP contribution in [0.25, 0.3) is 0 Å². The van der Waals surface area contributed by atoms with Crippen LogP contribution in [0.2, 0.25) is 0 Å². The molecule has 110 valence electrons. The van der Waals surface area contributed by atoms with Crippen LogP contribution in [0, 0.1) is 5.92 Å². The highest BCUT2D eigenvalue weighted by Gasteiger charge is 2.18. The van der Waals surface area contributed by atoms with Crippen LogP contribution in [0.15, 0.2) is 18.3 Å². The fraction of sp³-hybridized carbons (Fsp3) is 0.625. The average molecular weight is 275 g/mol. The lowest BCUT2D eigenvalue weighted by molar-refractivity contribution is 0.0928. The molecule has 0 bridgehead atoms. The predicted molar refractivity (Wildman–Crippen MR) is 81.9 cm³/mol. The summed E-state index contributed by atoms with van der Waals surface area (Å²) < 4.78 is 0. The van der Waals surface area contributed by atoms with Crippen molar-refractivity contribution in [2.24, 2.45) is 5.92 Å². The maximum atomic E-state index is 12.2. The van der Waals surface area contributed by atoms with Gasteiger partial charge in [-0.25, -0.2) is 4.98 Å². The van der Waals surface area contributed by atoms with Gasteiger partial charge in [-0.1, -0.05) is 19.8 Å². The summed E-state index contributed by atoms with van der Waals surface area (Å²) in [6, 6.07) is 4.00. The van der Waals surface area contributed by atoms with Crippen LogP contribution >= 0.6 is 0 Å². The van der Waals surface area contributed by atoms with E-state index in [9.17, 15) is 4.79 Å². The molecule has 4 nitrogen and oxygen atoms in total. The lowest BCUT2D eigenvalue weighted by Gasteiger charge is -2.16. The Bertz CT molecular complexity index is 430. The third kappa shape index (κ3) is 4.22. The van der Waals surface area contributed by atoms with E-state index in [1.165, 1.54) is 19.3 Å². The van der Waals surface area contributed by atoms with Gasteiger partial charge in [0.15, 0.2) is 0 Å². The van der Waals surface area contributed by atoms with E-state index < -0.39 is 0 Å². The molecule has 1 aromatic rings. The molecule has 2 unspecified atom stereocenters. The Labute approximate surface area is 121 Å². The Morgan fingerprint density at radius 3 is 2.85 bits per heavy atom. The van der Waals surface area contributed by atoms with Gasteiger partial charge in [-0.3, -0.25) is 4.79 Å². The number of nitrogens with one attached hydrogen (secondary N) is 2. The zero-order valence-electron chi connectivity index (χ0n) is 12.5. The molecule has 0 aliphatic heterocycles. The van der Waals surface area contributed by atoms with Crippen molar-refractivity contribution in [3.05, 3.63) is 24.0 Å². The standard InChI is InChI=1S/C16H25N3O/c1-3-17-14-9-10-15(18-11-14)16(20)19-13-6-4-5-12(2)7-8-13/h9-13,17H,3-8H2,1-2H3,(H,19,20). The molecule has 2 rings (SSSR count). The molecule has 0 spiro atoms. The SMILES string of the molecule is CCNc1ccc(C(=O)NC2CCCC(C)CC2)nc1. The summed E-state index contributed by atoms with van der Waals surface area (Å²) in [7, 11) is 0. The van der Waals surface area contributed by atoms with E-state index in [-0.39, 0.29) is 5.91 Å². The molecule has 0 saturated heterocycles. The fourth-order valence-corrected chi connectivity index (χ4v) is 2.73. The smallest absolute Gasteiger partial charge is 0.270 e. The first-order valence-electron chi connectivity index (χ1n) is 7.69. The van der Waals surface area contributed by atoms with Gasteiger partial charge in [0.2, 0.25) is 0 Å². The maximum Gasteiger partial charge on any atom is 0.270 e.